The SMILES string of the molecule is Cc1cc2cc[nH]c2cc1C(=O)CCCN. The first kappa shape index (κ1) is 10.9. The van der Waals surface area contributed by atoms with Crippen molar-refractivity contribution in [2.24, 2.45) is 5.73 Å². The molecule has 0 saturated heterocycles. The predicted molar refractivity (Wildman–Crippen MR) is 65.7 cm³/mol. The third-order valence-corrected chi connectivity index (χ3v) is 2.81. The zero-order chi connectivity index (χ0) is 11.5. The van der Waals surface area contributed by atoms with Gasteiger partial charge in [-0.05, 0) is 49.0 Å². The summed E-state index contributed by atoms with van der Waals surface area (Å²) in [5.41, 5.74) is 8.27. The Morgan fingerprint density at radius 3 is 3.00 bits per heavy atom. The molecule has 1 aromatic heterocycles. The van der Waals surface area contributed by atoms with Crippen LogP contribution in [-0.2, 0) is 0 Å². The molecule has 2 rings (SSSR count). The van der Waals surface area contributed by atoms with Crippen LogP contribution in [0.25, 0.3) is 10.9 Å². The van der Waals surface area contributed by atoms with E-state index in [0.717, 1.165) is 28.5 Å². The van der Waals surface area contributed by atoms with E-state index in [1.165, 1.54) is 0 Å². The Bertz CT molecular complexity index is 514. The van der Waals surface area contributed by atoms with Crippen LogP contribution in [0.15, 0.2) is 24.4 Å². The number of ketones is 1. The highest BCUT2D eigenvalue weighted by Gasteiger charge is 2.10. The number of rotatable bonds is 4. The molecule has 0 amide bonds. The van der Waals surface area contributed by atoms with Crippen LogP contribution in [0.5, 0.6) is 0 Å². The summed E-state index contributed by atoms with van der Waals surface area (Å²) >= 11 is 0. The van der Waals surface area contributed by atoms with Gasteiger partial charge in [-0.3, -0.25) is 4.79 Å². The summed E-state index contributed by atoms with van der Waals surface area (Å²) in [6.45, 7) is 2.54. The molecule has 1 aromatic carbocycles. The molecule has 0 radical (unpaired) electrons. The van der Waals surface area contributed by atoms with Crippen LogP contribution in [-0.4, -0.2) is 17.3 Å². The fourth-order valence-electron chi connectivity index (χ4n) is 1.91. The number of fused-ring (bicyclic) bond motifs is 1. The maximum absolute atomic E-state index is 11.9. The topological polar surface area (TPSA) is 58.9 Å². The van der Waals surface area contributed by atoms with Crippen LogP contribution in [0.4, 0.5) is 0 Å². The number of benzene rings is 1. The van der Waals surface area contributed by atoms with Gasteiger partial charge in [0.25, 0.3) is 0 Å². The Labute approximate surface area is 94.6 Å². The number of Topliss-reactive ketones (excluding diaryl/α,β-unsaturated/α-hetero) is 1. The molecule has 0 aliphatic carbocycles. The number of aromatic nitrogens is 1. The first-order valence-corrected chi connectivity index (χ1v) is 5.53. The zero-order valence-corrected chi connectivity index (χ0v) is 9.42. The molecule has 0 unspecified atom stereocenters. The average Bonchev–Trinajstić information content (AvgIpc) is 2.71. The van der Waals surface area contributed by atoms with Gasteiger partial charge in [0.2, 0.25) is 0 Å². The summed E-state index contributed by atoms with van der Waals surface area (Å²) in [6.07, 6.45) is 3.17. The zero-order valence-electron chi connectivity index (χ0n) is 9.42. The van der Waals surface area contributed by atoms with Crippen molar-refractivity contribution in [2.45, 2.75) is 19.8 Å². The highest BCUT2D eigenvalue weighted by Crippen LogP contribution is 2.20. The fourth-order valence-corrected chi connectivity index (χ4v) is 1.91. The number of nitrogens with one attached hydrogen (secondary N) is 1. The van der Waals surface area contributed by atoms with Gasteiger partial charge in [-0.2, -0.15) is 0 Å². The van der Waals surface area contributed by atoms with Crippen molar-refractivity contribution in [3.8, 4) is 0 Å². The molecule has 0 aliphatic heterocycles. The lowest BCUT2D eigenvalue weighted by Crippen LogP contribution is -2.06. The summed E-state index contributed by atoms with van der Waals surface area (Å²) in [7, 11) is 0. The maximum atomic E-state index is 11.9. The minimum atomic E-state index is 0.180. The number of carbonyl (C=O) groups is 1. The monoisotopic (exact) mass is 216 g/mol. The molecule has 3 nitrogen and oxygen atoms in total. The van der Waals surface area contributed by atoms with Crippen LogP contribution in [0.3, 0.4) is 0 Å². The van der Waals surface area contributed by atoms with Crippen LogP contribution in [0.2, 0.25) is 0 Å². The Hall–Kier alpha value is -1.61. The number of hydrogen-bond acceptors (Lipinski definition) is 2. The molecule has 84 valence electrons. The van der Waals surface area contributed by atoms with E-state index in [0.29, 0.717) is 13.0 Å². The van der Waals surface area contributed by atoms with Crippen molar-refractivity contribution >= 4 is 16.7 Å². The summed E-state index contributed by atoms with van der Waals surface area (Å²) in [5, 5.41) is 1.15. The number of aryl methyl sites for hydroxylation is 1. The van der Waals surface area contributed by atoms with Gasteiger partial charge in [-0.1, -0.05) is 0 Å². The average molecular weight is 216 g/mol. The summed E-state index contributed by atoms with van der Waals surface area (Å²) in [6, 6.07) is 5.99. The van der Waals surface area contributed by atoms with Crippen LogP contribution in [0.1, 0.15) is 28.8 Å². The minimum absolute atomic E-state index is 0.180. The molecule has 16 heavy (non-hydrogen) atoms. The van der Waals surface area contributed by atoms with E-state index in [1.807, 2.05) is 31.3 Å². The van der Waals surface area contributed by atoms with Crippen molar-refractivity contribution in [1.82, 2.24) is 4.98 Å². The lowest BCUT2D eigenvalue weighted by atomic mass is 10.00. The second kappa shape index (κ2) is 4.49. The first-order valence-electron chi connectivity index (χ1n) is 5.53. The van der Waals surface area contributed by atoms with Crippen molar-refractivity contribution in [1.29, 1.82) is 0 Å². The third-order valence-electron chi connectivity index (χ3n) is 2.81. The molecular weight excluding hydrogens is 200 g/mol. The first-order chi connectivity index (χ1) is 7.72. The molecule has 0 fully saturated rings. The van der Waals surface area contributed by atoms with Crippen molar-refractivity contribution < 1.29 is 4.79 Å². The highest BCUT2D eigenvalue weighted by molar-refractivity contribution is 6.00. The molecule has 3 N–H and O–H groups in total. The van der Waals surface area contributed by atoms with Crippen molar-refractivity contribution in [3.05, 3.63) is 35.5 Å². The minimum Gasteiger partial charge on any atom is -0.361 e. The molecular formula is C13H16N2O. The summed E-state index contributed by atoms with van der Waals surface area (Å²) < 4.78 is 0. The maximum Gasteiger partial charge on any atom is 0.163 e. The molecule has 1 heterocycles. The van der Waals surface area contributed by atoms with Crippen LogP contribution in [0, 0.1) is 6.92 Å². The largest absolute Gasteiger partial charge is 0.361 e. The molecule has 0 bridgehead atoms. The van der Waals surface area contributed by atoms with Gasteiger partial charge >= 0.3 is 0 Å². The lowest BCUT2D eigenvalue weighted by molar-refractivity contribution is 0.0980. The predicted octanol–water partition coefficient (Wildman–Crippen LogP) is 2.40. The third kappa shape index (κ3) is 1.99. The highest BCUT2D eigenvalue weighted by atomic mass is 16.1. The number of nitrogens with two attached hydrogens (primary N) is 1. The number of hydrogen-bond donors (Lipinski definition) is 2. The summed E-state index contributed by atoms with van der Waals surface area (Å²) in [4.78, 5) is 15.0. The number of aromatic amines is 1. The fraction of sp³-hybridized carbons (Fsp3) is 0.308. The van der Waals surface area contributed by atoms with E-state index in [1.54, 1.807) is 0 Å². The van der Waals surface area contributed by atoms with Gasteiger partial charge < -0.3 is 10.7 Å². The Kier molecular flexibility index (Phi) is 3.06. The molecule has 2 aromatic rings. The van der Waals surface area contributed by atoms with E-state index < -0.39 is 0 Å². The van der Waals surface area contributed by atoms with E-state index in [9.17, 15) is 4.79 Å². The number of carbonyl (C=O) groups excluding carboxylic acids is 1. The Morgan fingerprint density at radius 2 is 2.25 bits per heavy atom. The van der Waals surface area contributed by atoms with E-state index in [4.69, 9.17) is 5.73 Å². The normalized spacial score (nSPS) is 10.9. The van der Waals surface area contributed by atoms with E-state index >= 15 is 0 Å². The molecule has 0 spiro atoms. The quantitative estimate of drug-likeness (QED) is 0.771. The molecule has 0 aliphatic rings. The van der Waals surface area contributed by atoms with Gasteiger partial charge in [0.05, 0.1) is 0 Å². The van der Waals surface area contributed by atoms with Gasteiger partial charge in [-0.25, -0.2) is 0 Å². The number of H-pyrrole nitrogens is 1. The molecule has 0 saturated carbocycles. The second-order valence-electron chi connectivity index (χ2n) is 4.05. The lowest BCUT2D eigenvalue weighted by Gasteiger charge is -2.05. The van der Waals surface area contributed by atoms with E-state index in [-0.39, 0.29) is 5.78 Å². The van der Waals surface area contributed by atoms with E-state index in [2.05, 4.69) is 4.98 Å². The van der Waals surface area contributed by atoms with Gasteiger partial charge in [0.15, 0.2) is 5.78 Å². The van der Waals surface area contributed by atoms with Crippen LogP contribution < -0.4 is 5.73 Å². The molecule has 3 heteroatoms. The second-order valence-corrected chi connectivity index (χ2v) is 4.05. The van der Waals surface area contributed by atoms with Crippen molar-refractivity contribution in [3.63, 3.8) is 0 Å². The Morgan fingerprint density at radius 1 is 1.44 bits per heavy atom. The standard InChI is InChI=1S/C13H16N2O/c1-9-7-10-4-6-15-12(10)8-11(9)13(16)3-2-5-14/h4,6-8,15H,2-3,5,14H2,1H3. The van der Waals surface area contributed by atoms with Gasteiger partial charge in [0.1, 0.15) is 0 Å². The van der Waals surface area contributed by atoms with Crippen LogP contribution >= 0.6 is 0 Å². The Balaban J connectivity index is 2.35. The smallest absolute Gasteiger partial charge is 0.163 e. The van der Waals surface area contributed by atoms with Crippen molar-refractivity contribution in [2.75, 3.05) is 6.54 Å². The van der Waals surface area contributed by atoms with Gasteiger partial charge in [0, 0.05) is 23.7 Å². The summed E-state index contributed by atoms with van der Waals surface area (Å²) in [5.74, 6) is 0.180. The molecule has 0 atom stereocenters. The van der Waals surface area contributed by atoms with Gasteiger partial charge in [-0.15, -0.1) is 0 Å².